The van der Waals surface area contributed by atoms with Gasteiger partial charge in [0.05, 0.1) is 23.0 Å². The van der Waals surface area contributed by atoms with Crippen LogP contribution in [0.15, 0.2) is 23.1 Å². The summed E-state index contributed by atoms with van der Waals surface area (Å²) in [6, 6.07) is 2.95. The number of fused-ring (bicyclic) bond motifs is 1. The molecule has 3 aliphatic heterocycles. The maximum Gasteiger partial charge on any atom is 0.416 e. The van der Waals surface area contributed by atoms with Gasteiger partial charge >= 0.3 is 6.18 Å². The van der Waals surface area contributed by atoms with E-state index in [4.69, 9.17) is 4.74 Å². The minimum Gasteiger partial charge on any atom is -0.392 e. The molecule has 3 saturated heterocycles. The fraction of sp³-hybridized carbons (Fsp3) is 0.684. The second-order valence-corrected chi connectivity index (χ2v) is 10.1. The van der Waals surface area contributed by atoms with Crippen molar-refractivity contribution in [2.24, 2.45) is 0 Å². The zero-order chi connectivity index (χ0) is 21.7. The van der Waals surface area contributed by atoms with E-state index >= 15 is 0 Å². The molecule has 1 saturated carbocycles. The summed E-state index contributed by atoms with van der Waals surface area (Å²) < 4.78 is 73.8. The van der Waals surface area contributed by atoms with Gasteiger partial charge in [-0.05, 0) is 37.5 Å². The molecule has 1 aromatic rings. The molecule has 7 nitrogen and oxygen atoms in total. The van der Waals surface area contributed by atoms with E-state index in [1.807, 2.05) is 9.80 Å². The normalized spacial score (nSPS) is 29.4. The number of β-amino-alcohol motifs (C(OH)–C–C–N with tert-alkyl or cyclic N) is 1. The van der Waals surface area contributed by atoms with E-state index in [1.54, 1.807) is 7.11 Å². The number of aliphatic hydroxyl groups excluding tert-OH is 1. The summed E-state index contributed by atoms with van der Waals surface area (Å²) in [5, 5.41) is 9.57. The monoisotopic (exact) mass is 449 g/mol. The third-order valence-electron chi connectivity index (χ3n) is 6.40. The summed E-state index contributed by atoms with van der Waals surface area (Å²) in [7, 11) is -2.57. The second-order valence-electron chi connectivity index (χ2n) is 8.40. The third kappa shape index (κ3) is 4.05. The van der Waals surface area contributed by atoms with Gasteiger partial charge in [-0.3, -0.25) is 4.90 Å². The molecule has 0 amide bonds. The van der Waals surface area contributed by atoms with Crippen LogP contribution in [0.25, 0.3) is 0 Å². The number of rotatable bonds is 7. The van der Waals surface area contributed by atoms with Crippen molar-refractivity contribution >= 4 is 15.7 Å². The number of ether oxygens (including phenoxy) is 1. The molecule has 30 heavy (non-hydrogen) atoms. The lowest BCUT2D eigenvalue weighted by Gasteiger charge is -2.35. The number of nitrogens with zero attached hydrogens (tertiary/aromatic N) is 2. The van der Waals surface area contributed by atoms with Crippen LogP contribution in [0.2, 0.25) is 0 Å². The van der Waals surface area contributed by atoms with Gasteiger partial charge < -0.3 is 14.7 Å². The molecule has 0 unspecified atom stereocenters. The molecule has 4 aliphatic rings. The predicted molar refractivity (Wildman–Crippen MR) is 104 cm³/mol. The molecule has 5 rings (SSSR count). The van der Waals surface area contributed by atoms with Crippen molar-refractivity contribution in [2.45, 2.75) is 48.1 Å². The number of benzene rings is 1. The highest BCUT2D eigenvalue weighted by Crippen LogP contribution is 2.50. The third-order valence-corrected chi connectivity index (χ3v) is 7.89. The number of hydrogen-bond acceptors (Lipinski definition) is 6. The van der Waals surface area contributed by atoms with Gasteiger partial charge in [0.2, 0.25) is 10.0 Å². The fourth-order valence-corrected chi connectivity index (χ4v) is 5.93. The Bertz CT molecular complexity index is 903. The van der Waals surface area contributed by atoms with E-state index in [-0.39, 0.29) is 28.8 Å². The first-order chi connectivity index (χ1) is 14.0. The molecule has 1 aromatic carbocycles. The van der Waals surface area contributed by atoms with Crippen molar-refractivity contribution < 1.29 is 31.4 Å². The van der Waals surface area contributed by atoms with Gasteiger partial charge in [0.15, 0.2) is 0 Å². The molecule has 2 N–H and O–H groups in total. The first-order valence-electron chi connectivity index (χ1n) is 9.96. The van der Waals surface area contributed by atoms with Crippen LogP contribution >= 0.6 is 0 Å². The van der Waals surface area contributed by atoms with Crippen molar-refractivity contribution in [1.29, 1.82) is 0 Å². The molecule has 2 bridgehead atoms. The van der Waals surface area contributed by atoms with Crippen molar-refractivity contribution in [1.82, 2.24) is 9.62 Å². The summed E-state index contributed by atoms with van der Waals surface area (Å²) in [6.07, 6.45) is -2.98. The van der Waals surface area contributed by atoms with Crippen LogP contribution in [0.5, 0.6) is 0 Å². The number of alkyl halides is 3. The number of anilines is 1. The van der Waals surface area contributed by atoms with Gasteiger partial charge in [0, 0.05) is 45.9 Å². The lowest BCUT2D eigenvalue weighted by atomic mass is 9.81. The Labute approximate surface area is 173 Å². The molecular weight excluding hydrogens is 423 g/mol. The highest BCUT2D eigenvalue weighted by atomic mass is 32.2. The maximum absolute atomic E-state index is 13.3. The zero-order valence-corrected chi connectivity index (χ0v) is 17.5. The summed E-state index contributed by atoms with van der Waals surface area (Å²) in [6.45, 7) is 2.00. The number of aliphatic hydroxyl groups is 1. The Kier molecular flexibility index (Phi) is 5.55. The highest BCUT2D eigenvalue weighted by Gasteiger charge is 2.56. The van der Waals surface area contributed by atoms with E-state index in [1.165, 1.54) is 6.07 Å². The minimum absolute atomic E-state index is 0.0518. The van der Waals surface area contributed by atoms with Crippen LogP contribution in [-0.4, -0.2) is 76.0 Å². The Morgan fingerprint density at radius 3 is 2.63 bits per heavy atom. The summed E-state index contributed by atoms with van der Waals surface area (Å²) in [4.78, 5) is 3.39. The molecule has 1 atom stereocenters. The fourth-order valence-electron chi connectivity index (χ4n) is 4.68. The van der Waals surface area contributed by atoms with Crippen molar-refractivity contribution in [3.05, 3.63) is 23.8 Å². The molecule has 4 fully saturated rings. The molecule has 0 radical (unpaired) electrons. The van der Waals surface area contributed by atoms with Crippen LogP contribution in [0.3, 0.4) is 0 Å². The van der Waals surface area contributed by atoms with Gasteiger partial charge in [-0.25, -0.2) is 13.1 Å². The Balaban J connectivity index is 1.57. The van der Waals surface area contributed by atoms with Crippen LogP contribution in [-0.2, 0) is 20.9 Å². The highest BCUT2D eigenvalue weighted by molar-refractivity contribution is 7.89. The van der Waals surface area contributed by atoms with Gasteiger partial charge in [0.25, 0.3) is 0 Å². The van der Waals surface area contributed by atoms with E-state index in [2.05, 4.69) is 4.72 Å². The molecule has 3 heterocycles. The van der Waals surface area contributed by atoms with E-state index < -0.39 is 27.9 Å². The molecule has 0 aromatic heterocycles. The molecule has 168 valence electrons. The number of halogens is 3. The smallest absolute Gasteiger partial charge is 0.392 e. The van der Waals surface area contributed by atoms with Gasteiger partial charge in [0.1, 0.15) is 4.90 Å². The first-order valence-corrected chi connectivity index (χ1v) is 11.4. The Morgan fingerprint density at radius 2 is 2.07 bits per heavy atom. The van der Waals surface area contributed by atoms with Crippen molar-refractivity contribution in [3.8, 4) is 0 Å². The van der Waals surface area contributed by atoms with E-state index in [9.17, 15) is 26.7 Å². The van der Waals surface area contributed by atoms with Gasteiger partial charge in [-0.2, -0.15) is 13.2 Å². The Hall–Kier alpha value is -1.40. The van der Waals surface area contributed by atoms with Crippen LogP contribution in [0.1, 0.15) is 24.8 Å². The average molecular weight is 449 g/mol. The summed E-state index contributed by atoms with van der Waals surface area (Å²) >= 11 is 0. The van der Waals surface area contributed by atoms with Crippen LogP contribution in [0.4, 0.5) is 18.9 Å². The van der Waals surface area contributed by atoms with Gasteiger partial charge in [-0.15, -0.1) is 0 Å². The standard InChI is InChI=1S/C19H26F3N3O4S/c1-29-18-9-14(10-18)25(12-18)16-3-2-13(19(20,21)22)8-17(16)30(27,28)23-5-7-24-6-4-15(26)11-24/h2-3,8,14-15,23,26H,4-7,9-12H2,1H3/t14?,15-,18?/m0/s1. The number of likely N-dealkylation sites (tertiary alicyclic amines) is 1. The molecule has 1 aliphatic carbocycles. The molecule has 0 spiro atoms. The maximum atomic E-state index is 13.3. The van der Waals surface area contributed by atoms with Crippen molar-refractivity contribution in [2.75, 3.05) is 44.7 Å². The van der Waals surface area contributed by atoms with Gasteiger partial charge in [-0.1, -0.05) is 0 Å². The average Bonchev–Trinajstić information content (AvgIpc) is 3.33. The SMILES string of the molecule is COC12CC(C1)N(c1ccc(C(F)(F)F)cc1S(=O)(=O)NCCN1CC[C@H](O)C1)C2. The summed E-state index contributed by atoms with van der Waals surface area (Å²) in [5.41, 5.74) is -1.07. The second kappa shape index (κ2) is 7.63. The largest absolute Gasteiger partial charge is 0.416 e. The van der Waals surface area contributed by atoms with Crippen LogP contribution < -0.4 is 9.62 Å². The lowest BCUT2D eigenvalue weighted by molar-refractivity contribution is -0.137. The summed E-state index contributed by atoms with van der Waals surface area (Å²) in [5.74, 6) is 0. The quantitative estimate of drug-likeness (QED) is 0.655. The van der Waals surface area contributed by atoms with Crippen molar-refractivity contribution in [3.63, 3.8) is 0 Å². The van der Waals surface area contributed by atoms with Crippen LogP contribution in [0, 0.1) is 0 Å². The topological polar surface area (TPSA) is 82.1 Å². The molecular formula is C19H26F3N3O4S. The molecule has 11 heteroatoms. The zero-order valence-electron chi connectivity index (χ0n) is 16.7. The number of methoxy groups -OCH3 is 1. The van der Waals surface area contributed by atoms with E-state index in [0.29, 0.717) is 38.7 Å². The first kappa shape index (κ1) is 21.8. The Morgan fingerprint density at radius 1 is 1.33 bits per heavy atom. The van der Waals surface area contributed by atoms with E-state index in [0.717, 1.165) is 18.9 Å². The number of hydrogen-bond donors (Lipinski definition) is 2. The predicted octanol–water partition coefficient (Wildman–Crippen LogP) is 1.42. The lowest BCUT2D eigenvalue weighted by Crippen LogP contribution is -2.42. The number of sulfonamides is 1. The number of nitrogens with one attached hydrogen (secondary N) is 1. The minimum atomic E-state index is -4.64.